The Hall–Kier alpha value is -3.19. The third kappa shape index (κ3) is 3.14. The van der Waals surface area contributed by atoms with Crippen LogP contribution in [0, 0.1) is 0 Å². The fraction of sp³-hybridized carbons (Fsp3) is 0.286. The molecular weight excluding hydrogens is 360 g/mol. The predicted molar refractivity (Wildman–Crippen MR) is 102 cm³/mol. The molecule has 2 aromatic carbocycles. The normalized spacial score (nSPS) is 16.4. The molecular formula is C21H20N2O5. The van der Waals surface area contributed by atoms with Gasteiger partial charge in [-0.25, -0.2) is 0 Å². The Bertz CT molecular complexity index is 993. The van der Waals surface area contributed by atoms with Crippen LogP contribution in [0.25, 0.3) is 0 Å². The number of nitrogens with zero attached hydrogens (tertiary/aromatic N) is 1. The van der Waals surface area contributed by atoms with Crippen LogP contribution in [0.15, 0.2) is 30.3 Å². The van der Waals surface area contributed by atoms with Crippen LogP contribution < -0.4 is 5.32 Å². The summed E-state index contributed by atoms with van der Waals surface area (Å²) in [5.41, 5.74) is 0.0679. The second kappa shape index (κ2) is 7.09. The highest BCUT2D eigenvalue weighted by molar-refractivity contribution is 6.30. The van der Waals surface area contributed by atoms with E-state index in [0.717, 1.165) is 25.9 Å². The lowest BCUT2D eigenvalue weighted by Crippen LogP contribution is -2.36. The number of carbonyl (C=O) groups is 3. The maximum atomic E-state index is 12.8. The van der Waals surface area contributed by atoms with Crippen molar-refractivity contribution in [3.05, 3.63) is 52.6 Å². The molecule has 0 bridgehead atoms. The number of benzene rings is 2. The van der Waals surface area contributed by atoms with E-state index in [9.17, 15) is 24.6 Å². The number of rotatable bonds is 3. The summed E-state index contributed by atoms with van der Waals surface area (Å²) >= 11 is 0. The van der Waals surface area contributed by atoms with Crippen molar-refractivity contribution in [2.24, 2.45) is 0 Å². The smallest absolute Gasteiger partial charge is 0.238 e. The van der Waals surface area contributed by atoms with E-state index >= 15 is 0 Å². The Balaban J connectivity index is 1.62. The first-order valence-corrected chi connectivity index (χ1v) is 9.26. The Morgan fingerprint density at radius 3 is 2.39 bits per heavy atom. The second-order valence-electron chi connectivity index (χ2n) is 7.16. The van der Waals surface area contributed by atoms with Crippen molar-refractivity contribution < 1.29 is 24.6 Å². The fourth-order valence-electron chi connectivity index (χ4n) is 3.88. The van der Waals surface area contributed by atoms with E-state index in [2.05, 4.69) is 10.2 Å². The van der Waals surface area contributed by atoms with Gasteiger partial charge in [-0.05, 0) is 38.1 Å². The minimum Gasteiger partial charge on any atom is -0.507 e. The number of aromatic hydroxyl groups is 2. The number of hydrogen-bond acceptors (Lipinski definition) is 6. The zero-order valence-electron chi connectivity index (χ0n) is 15.2. The first-order valence-electron chi connectivity index (χ1n) is 9.26. The molecule has 0 aromatic heterocycles. The van der Waals surface area contributed by atoms with Crippen LogP contribution in [-0.2, 0) is 4.79 Å². The van der Waals surface area contributed by atoms with Crippen LogP contribution >= 0.6 is 0 Å². The zero-order chi connectivity index (χ0) is 19.8. The van der Waals surface area contributed by atoms with E-state index in [1.54, 1.807) is 0 Å². The van der Waals surface area contributed by atoms with Gasteiger partial charge in [-0.2, -0.15) is 0 Å². The lowest BCUT2D eigenvalue weighted by Gasteiger charge is -2.25. The summed E-state index contributed by atoms with van der Waals surface area (Å²) < 4.78 is 0. The van der Waals surface area contributed by atoms with Gasteiger partial charge in [-0.1, -0.05) is 18.6 Å². The number of piperidine rings is 1. The fourth-order valence-corrected chi connectivity index (χ4v) is 3.88. The molecule has 0 unspecified atom stereocenters. The third-order valence-electron chi connectivity index (χ3n) is 5.20. The summed E-state index contributed by atoms with van der Waals surface area (Å²) in [5.74, 6) is -2.05. The van der Waals surface area contributed by atoms with Crippen LogP contribution in [0.2, 0.25) is 0 Å². The molecule has 0 spiro atoms. The number of fused-ring (bicyclic) bond motifs is 2. The first kappa shape index (κ1) is 18.2. The van der Waals surface area contributed by atoms with E-state index < -0.39 is 17.3 Å². The molecule has 1 amide bonds. The molecule has 0 saturated carbocycles. The number of likely N-dealkylation sites (tertiary alicyclic amines) is 1. The van der Waals surface area contributed by atoms with Gasteiger partial charge < -0.3 is 15.5 Å². The Morgan fingerprint density at radius 2 is 1.64 bits per heavy atom. The van der Waals surface area contributed by atoms with Crippen molar-refractivity contribution in [2.45, 2.75) is 19.3 Å². The van der Waals surface area contributed by atoms with Gasteiger partial charge in [0.2, 0.25) is 11.7 Å². The highest BCUT2D eigenvalue weighted by atomic mass is 16.3. The molecule has 1 saturated heterocycles. The van der Waals surface area contributed by atoms with Crippen molar-refractivity contribution in [1.29, 1.82) is 0 Å². The summed E-state index contributed by atoms with van der Waals surface area (Å²) in [4.78, 5) is 39.9. The molecule has 2 aromatic rings. The van der Waals surface area contributed by atoms with Crippen molar-refractivity contribution in [3.8, 4) is 11.5 Å². The molecule has 0 radical (unpaired) electrons. The Morgan fingerprint density at radius 1 is 0.929 bits per heavy atom. The average Bonchev–Trinajstić information content (AvgIpc) is 2.66. The molecule has 1 fully saturated rings. The zero-order valence-corrected chi connectivity index (χ0v) is 15.2. The van der Waals surface area contributed by atoms with Gasteiger partial charge >= 0.3 is 0 Å². The molecule has 7 nitrogen and oxygen atoms in total. The number of phenols is 2. The Labute approximate surface area is 161 Å². The topological polar surface area (TPSA) is 107 Å². The van der Waals surface area contributed by atoms with Crippen molar-refractivity contribution >= 4 is 23.2 Å². The van der Waals surface area contributed by atoms with Crippen LogP contribution in [0.3, 0.4) is 0 Å². The standard InChI is InChI=1S/C21H20N2O5/c24-15-6-4-5-13-18(15)21(28)19-14(20(13)27)9-12(10-16(19)25)22-17(26)11-23-7-2-1-3-8-23/h4-6,9-10,24-25H,1-3,7-8,11H2,(H,22,26). The van der Waals surface area contributed by atoms with Gasteiger partial charge in [0.1, 0.15) is 11.5 Å². The number of carbonyl (C=O) groups excluding carboxylic acids is 3. The number of anilines is 1. The van der Waals surface area contributed by atoms with E-state index in [1.807, 2.05) is 0 Å². The van der Waals surface area contributed by atoms with E-state index in [-0.39, 0.29) is 46.1 Å². The first-order chi connectivity index (χ1) is 13.5. The summed E-state index contributed by atoms with van der Waals surface area (Å²) in [7, 11) is 0. The molecule has 1 heterocycles. The van der Waals surface area contributed by atoms with Crippen LogP contribution in [-0.4, -0.2) is 52.2 Å². The van der Waals surface area contributed by atoms with Gasteiger partial charge in [0.05, 0.1) is 17.7 Å². The number of hydrogen-bond donors (Lipinski definition) is 3. The van der Waals surface area contributed by atoms with Crippen molar-refractivity contribution in [1.82, 2.24) is 4.90 Å². The van der Waals surface area contributed by atoms with Crippen molar-refractivity contribution in [2.75, 3.05) is 25.0 Å². The largest absolute Gasteiger partial charge is 0.507 e. The second-order valence-corrected chi connectivity index (χ2v) is 7.16. The Kier molecular flexibility index (Phi) is 4.60. The van der Waals surface area contributed by atoms with Gasteiger partial charge in [-0.3, -0.25) is 19.3 Å². The predicted octanol–water partition coefficient (Wildman–Crippen LogP) is 2.30. The van der Waals surface area contributed by atoms with E-state index in [0.29, 0.717) is 0 Å². The van der Waals surface area contributed by atoms with Gasteiger partial charge in [0, 0.05) is 22.9 Å². The van der Waals surface area contributed by atoms with Crippen LogP contribution in [0.4, 0.5) is 5.69 Å². The molecule has 2 aliphatic rings. The third-order valence-corrected chi connectivity index (χ3v) is 5.20. The molecule has 28 heavy (non-hydrogen) atoms. The summed E-state index contributed by atoms with van der Waals surface area (Å²) in [6, 6.07) is 6.91. The number of nitrogens with one attached hydrogen (secondary N) is 1. The lowest BCUT2D eigenvalue weighted by atomic mass is 9.83. The maximum absolute atomic E-state index is 12.8. The molecule has 3 N–H and O–H groups in total. The molecule has 1 aliphatic heterocycles. The SMILES string of the molecule is O=C(CN1CCCCC1)Nc1cc(O)c2c(c1)C(=O)c1cccc(O)c1C2=O. The lowest BCUT2D eigenvalue weighted by molar-refractivity contribution is -0.117. The average molecular weight is 380 g/mol. The molecule has 0 atom stereocenters. The van der Waals surface area contributed by atoms with Gasteiger partial charge in [-0.15, -0.1) is 0 Å². The highest BCUT2D eigenvalue weighted by Gasteiger charge is 2.34. The van der Waals surface area contributed by atoms with Crippen molar-refractivity contribution in [3.63, 3.8) is 0 Å². The van der Waals surface area contributed by atoms with E-state index in [4.69, 9.17) is 0 Å². The summed E-state index contributed by atoms with van der Waals surface area (Å²) in [6.07, 6.45) is 3.30. The van der Waals surface area contributed by atoms with Crippen LogP contribution in [0.5, 0.6) is 11.5 Å². The monoisotopic (exact) mass is 380 g/mol. The van der Waals surface area contributed by atoms with Crippen LogP contribution in [0.1, 0.15) is 51.1 Å². The number of phenolic OH excluding ortho intramolecular Hbond substituents is 2. The summed E-state index contributed by atoms with van der Waals surface area (Å²) in [5, 5.41) is 23.0. The van der Waals surface area contributed by atoms with E-state index in [1.165, 1.54) is 36.8 Å². The van der Waals surface area contributed by atoms with Gasteiger partial charge in [0.15, 0.2) is 5.78 Å². The molecule has 144 valence electrons. The highest BCUT2D eigenvalue weighted by Crippen LogP contribution is 2.38. The maximum Gasteiger partial charge on any atom is 0.238 e. The van der Waals surface area contributed by atoms with Gasteiger partial charge in [0.25, 0.3) is 0 Å². The summed E-state index contributed by atoms with van der Waals surface area (Å²) in [6.45, 7) is 1.98. The minimum absolute atomic E-state index is 0.0105. The molecule has 1 aliphatic carbocycles. The quantitative estimate of drug-likeness (QED) is 0.644. The minimum atomic E-state index is -0.619. The molecule has 4 rings (SSSR count). The molecule has 7 heteroatoms. The number of ketones is 2. The number of amides is 1.